The second-order valence-corrected chi connectivity index (χ2v) is 4.76. The van der Waals surface area contributed by atoms with E-state index in [-0.39, 0.29) is 5.96 Å². The standard InChI is InChI=1S/C8H13N6O2/c1-7(2)8(3,4)14(16)6(13(7)15)12-5-9-10-11-12/h5H,1-4H3. The van der Waals surface area contributed by atoms with Crippen molar-refractivity contribution in [3.05, 3.63) is 11.5 Å². The summed E-state index contributed by atoms with van der Waals surface area (Å²) in [6.45, 7) is 6.84. The van der Waals surface area contributed by atoms with E-state index in [0.717, 1.165) is 4.68 Å². The average Bonchev–Trinajstić information content (AvgIpc) is 2.73. The number of hydroxylamine groups is 3. The molecule has 16 heavy (non-hydrogen) atoms. The van der Waals surface area contributed by atoms with E-state index in [9.17, 15) is 10.4 Å². The van der Waals surface area contributed by atoms with Gasteiger partial charge in [-0.3, -0.25) is 4.74 Å². The highest BCUT2D eigenvalue weighted by atomic mass is 16.5. The molecule has 2 heterocycles. The van der Waals surface area contributed by atoms with Gasteiger partial charge in [0.1, 0.15) is 5.54 Å². The van der Waals surface area contributed by atoms with Crippen LogP contribution in [0.15, 0.2) is 6.33 Å². The van der Waals surface area contributed by atoms with Crippen LogP contribution >= 0.6 is 0 Å². The molecule has 0 N–H and O–H groups in total. The smallest absolute Gasteiger partial charge is 0.415 e. The molecule has 0 saturated carbocycles. The van der Waals surface area contributed by atoms with Gasteiger partial charge in [-0.25, -0.2) is 0 Å². The van der Waals surface area contributed by atoms with Crippen molar-refractivity contribution >= 4 is 5.96 Å². The van der Waals surface area contributed by atoms with E-state index in [2.05, 4.69) is 15.5 Å². The second-order valence-electron chi connectivity index (χ2n) is 4.76. The SMILES string of the molecule is CC1(C)N([O])C(n2cnnn2)=[N+]([O-])C1(C)C. The van der Waals surface area contributed by atoms with Crippen LogP contribution in [-0.4, -0.2) is 47.0 Å². The Labute approximate surface area is 92.3 Å². The molecule has 0 unspecified atom stereocenters. The molecule has 0 spiro atoms. The fraction of sp³-hybridized carbons (Fsp3) is 0.750. The van der Waals surface area contributed by atoms with Gasteiger partial charge in [0, 0.05) is 5.21 Å². The van der Waals surface area contributed by atoms with Crippen LogP contribution in [0, 0.1) is 5.21 Å². The minimum absolute atomic E-state index is 0.111. The van der Waals surface area contributed by atoms with E-state index < -0.39 is 11.1 Å². The summed E-state index contributed by atoms with van der Waals surface area (Å²) in [5, 5.41) is 35.2. The predicted octanol–water partition coefficient (Wildman–Crippen LogP) is -0.394. The highest BCUT2D eigenvalue weighted by molar-refractivity contribution is 5.77. The van der Waals surface area contributed by atoms with Crippen LogP contribution in [0.2, 0.25) is 0 Å². The zero-order valence-electron chi connectivity index (χ0n) is 9.58. The van der Waals surface area contributed by atoms with Gasteiger partial charge in [0.25, 0.3) is 0 Å². The molecule has 2 rings (SSSR count). The molecule has 1 aliphatic rings. The van der Waals surface area contributed by atoms with Crippen LogP contribution in [0.5, 0.6) is 0 Å². The number of hydrogen-bond donors (Lipinski definition) is 0. The summed E-state index contributed by atoms with van der Waals surface area (Å²) in [6.07, 6.45) is 1.22. The highest BCUT2D eigenvalue weighted by Crippen LogP contribution is 2.35. The maximum absolute atomic E-state index is 12.1. The Morgan fingerprint density at radius 2 is 2.00 bits per heavy atom. The predicted molar refractivity (Wildman–Crippen MR) is 52.5 cm³/mol. The third-order valence-electron chi connectivity index (χ3n) is 3.43. The molecular weight excluding hydrogens is 212 g/mol. The lowest BCUT2D eigenvalue weighted by molar-refractivity contribution is -0.541. The molecule has 8 nitrogen and oxygen atoms in total. The molecule has 87 valence electrons. The van der Waals surface area contributed by atoms with Crippen molar-refractivity contribution in [2.75, 3.05) is 0 Å². The van der Waals surface area contributed by atoms with Crippen LogP contribution in [-0.2, 0) is 5.21 Å². The van der Waals surface area contributed by atoms with E-state index in [0.29, 0.717) is 9.80 Å². The van der Waals surface area contributed by atoms with Crippen molar-refractivity contribution in [3.63, 3.8) is 0 Å². The zero-order chi connectivity index (χ0) is 12.1. The monoisotopic (exact) mass is 225 g/mol. The van der Waals surface area contributed by atoms with E-state index in [1.54, 1.807) is 27.7 Å². The zero-order valence-corrected chi connectivity index (χ0v) is 9.58. The lowest BCUT2D eigenvalue weighted by Crippen LogP contribution is -2.53. The number of aromatic nitrogens is 4. The first kappa shape index (κ1) is 10.8. The van der Waals surface area contributed by atoms with E-state index in [4.69, 9.17) is 0 Å². The summed E-state index contributed by atoms with van der Waals surface area (Å²) >= 11 is 0. The minimum atomic E-state index is -0.851. The van der Waals surface area contributed by atoms with Gasteiger partial charge >= 0.3 is 5.96 Å². The first-order chi connectivity index (χ1) is 7.30. The van der Waals surface area contributed by atoms with Gasteiger partial charge in [0.05, 0.1) is 0 Å². The summed E-state index contributed by atoms with van der Waals surface area (Å²) in [5.74, 6) is -0.111. The minimum Gasteiger partial charge on any atom is -0.744 e. The Bertz CT molecular complexity index is 435. The third-order valence-corrected chi connectivity index (χ3v) is 3.43. The molecule has 0 aliphatic carbocycles. The number of hydrogen-bond acceptors (Lipinski definition) is 5. The van der Waals surface area contributed by atoms with Gasteiger partial charge in [-0.05, 0) is 38.1 Å². The van der Waals surface area contributed by atoms with Gasteiger partial charge < -0.3 is 5.21 Å². The van der Waals surface area contributed by atoms with Gasteiger partial charge in [-0.1, -0.05) is 14.8 Å². The Hall–Kier alpha value is -1.70. The van der Waals surface area contributed by atoms with E-state index >= 15 is 0 Å². The normalized spacial score (nSPS) is 22.9. The Balaban J connectivity index is 2.59. The van der Waals surface area contributed by atoms with Gasteiger partial charge in [-0.15, -0.1) is 0 Å². The quantitative estimate of drug-likeness (QED) is 0.442. The van der Waals surface area contributed by atoms with E-state index in [1.807, 2.05) is 0 Å². The Morgan fingerprint density at radius 3 is 2.38 bits per heavy atom. The number of nitrogens with zero attached hydrogens (tertiary/aromatic N) is 6. The fourth-order valence-corrected chi connectivity index (χ4v) is 1.52. The Kier molecular flexibility index (Phi) is 1.96. The topological polar surface area (TPSA) is 92.8 Å². The van der Waals surface area contributed by atoms with Gasteiger partial charge in [-0.2, -0.15) is 0 Å². The van der Waals surface area contributed by atoms with Gasteiger partial charge in [0.15, 0.2) is 5.54 Å². The van der Waals surface area contributed by atoms with Crippen molar-refractivity contribution in [2.45, 2.75) is 38.8 Å². The summed E-state index contributed by atoms with van der Waals surface area (Å²) in [7, 11) is 0. The highest BCUT2D eigenvalue weighted by Gasteiger charge is 2.58. The molecule has 0 bridgehead atoms. The molecular formula is C8H13N6O2. The Morgan fingerprint density at radius 1 is 1.38 bits per heavy atom. The van der Waals surface area contributed by atoms with Crippen molar-refractivity contribution in [1.29, 1.82) is 0 Å². The molecule has 1 aromatic heterocycles. The lowest BCUT2D eigenvalue weighted by Gasteiger charge is -2.34. The van der Waals surface area contributed by atoms with E-state index in [1.165, 1.54) is 6.33 Å². The van der Waals surface area contributed by atoms with Crippen molar-refractivity contribution in [2.24, 2.45) is 0 Å². The number of tetrazole rings is 1. The first-order valence-corrected chi connectivity index (χ1v) is 4.85. The molecule has 0 saturated heterocycles. The number of rotatable bonds is 0. The first-order valence-electron chi connectivity index (χ1n) is 4.85. The summed E-state index contributed by atoms with van der Waals surface area (Å²) in [6, 6.07) is 0. The molecule has 1 aromatic rings. The molecule has 0 amide bonds. The summed E-state index contributed by atoms with van der Waals surface area (Å²) < 4.78 is 1.73. The molecule has 0 fully saturated rings. The molecule has 1 radical (unpaired) electrons. The second kappa shape index (κ2) is 2.91. The van der Waals surface area contributed by atoms with Crippen molar-refractivity contribution in [3.8, 4) is 0 Å². The van der Waals surface area contributed by atoms with Crippen LogP contribution in [0.4, 0.5) is 0 Å². The van der Waals surface area contributed by atoms with Gasteiger partial charge in [0.2, 0.25) is 6.33 Å². The summed E-state index contributed by atoms with van der Waals surface area (Å²) in [4.78, 5) is 0. The third kappa shape index (κ3) is 1.07. The van der Waals surface area contributed by atoms with Crippen LogP contribution in [0.1, 0.15) is 27.7 Å². The molecule has 0 atom stereocenters. The fourth-order valence-electron chi connectivity index (χ4n) is 1.52. The lowest BCUT2D eigenvalue weighted by atomic mass is 9.84. The van der Waals surface area contributed by atoms with Crippen molar-refractivity contribution in [1.82, 2.24) is 25.3 Å². The maximum atomic E-state index is 12.1. The summed E-state index contributed by atoms with van der Waals surface area (Å²) in [5.41, 5.74) is -1.70. The van der Waals surface area contributed by atoms with Crippen LogP contribution in [0.25, 0.3) is 0 Å². The van der Waals surface area contributed by atoms with Crippen LogP contribution in [0.3, 0.4) is 0 Å². The maximum Gasteiger partial charge on any atom is 0.415 e. The average molecular weight is 225 g/mol. The van der Waals surface area contributed by atoms with Crippen molar-refractivity contribution < 1.29 is 9.95 Å². The molecule has 8 heteroatoms. The molecule has 0 aromatic carbocycles. The molecule has 1 aliphatic heterocycles. The van der Waals surface area contributed by atoms with Crippen LogP contribution < -0.4 is 0 Å². The largest absolute Gasteiger partial charge is 0.744 e.